The zero-order valence-corrected chi connectivity index (χ0v) is 32.7. The Kier molecular flexibility index (Phi) is 11.6. The molecule has 6 aliphatic rings. The standard InChI is InChI=1S/C34H54O14S.Na/c1-14(2)15(3)23(35)29-34(6,41)28-22(46-29)13-19-17-12-21(48-49(42,43)44)20-11-16(7-9-32(20,4)18(17)8-10-33(19,28)5)45-31-26(38)24(36)25(37)27(47-31)30(39)40;/h8,14-17,19-29,31,35-38,41H,7,9-13H2,1-6H3,(H,39,40)(H,42,43,44);/q;+1/p-1/t15-,16-,17?,19?,20?,21-,22-,23-,24-,25-,26+,27-,28-,29-,31+,32+,33-,34+;/m0./s1. The number of aliphatic hydroxyl groups is 5. The average molecular weight is 741 g/mol. The zero-order valence-electron chi connectivity index (χ0n) is 29.9. The Morgan fingerprint density at radius 2 is 1.68 bits per heavy atom. The predicted molar refractivity (Wildman–Crippen MR) is 169 cm³/mol. The summed E-state index contributed by atoms with van der Waals surface area (Å²) in [6.45, 7) is 11.9. The molecule has 6 rings (SSSR count). The number of carboxylic acid groups (broad SMARTS) is 1. The molecule has 280 valence electrons. The third-order valence-electron chi connectivity index (χ3n) is 13.8. The van der Waals surface area contributed by atoms with Gasteiger partial charge in [0.05, 0.1) is 30.0 Å². The Morgan fingerprint density at radius 1 is 1.02 bits per heavy atom. The second kappa shape index (κ2) is 14.1. The fourth-order valence-electron chi connectivity index (χ4n) is 11.0. The van der Waals surface area contributed by atoms with E-state index in [1.807, 2.05) is 27.7 Å². The van der Waals surface area contributed by atoms with Crippen molar-refractivity contribution in [2.75, 3.05) is 0 Å². The molecular formula is C34H53NaO14S. The maximum Gasteiger partial charge on any atom is 1.00 e. The van der Waals surface area contributed by atoms with Crippen molar-refractivity contribution >= 4 is 16.4 Å². The van der Waals surface area contributed by atoms with Crippen LogP contribution in [0, 0.1) is 46.3 Å². The summed E-state index contributed by atoms with van der Waals surface area (Å²) in [4.78, 5) is 11.6. The van der Waals surface area contributed by atoms with Gasteiger partial charge < -0.3 is 49.4 Å². The minimum Gasteiger partial charge on any atom is -0.726 e. The summed E-state index contributed by atoms with van der Waals surface area (Å²) >= 11 is 0. The molecule has 18 atom stereocenters. The maximum atomic E-state index is 12.1. The molecule has 50 heavy (non-hydrogen) atoms. The van der Waals surface area contributed by atoms with E-state index in [2.05, 4.69) is 13.0 Å². The van der Waals surface area contributed by atoms with E-state index in [0.29, 0.717) is 25.7 Å². The molecule has 14 nitrogen and oxygen atoms in total. The van der Waals surface area contributed by atoms with E-state index in [-0.39, 0.29) is 78.1 Å². The Labute approximate surface area is 316 Å². The van der Waals surface area contributed by atoms with Crippen LogP contribution in [0.3, 0.4) is 0 Å². The molecule has 0 amide bonds. The van der Waals surface area contributed by atoms with Crippen LogP contribution in [0.1, 0.15) is 80.1 Å². The molecule has 0 aromatic heterocycles. The van der Waals surface area contributed by atoms with E-state index in [0.717, 1.165) is 5.57 Å². The summed E-state index contributed by atoms with van der Waals surface area (Å²) in [6.07, 6.45) is -7.68. The summed E-state index contributed by atoms with van der Waals surface area (Å²) in [5.41, 5.74) is -1.22. The molecule has 2 heterocycles. The predicted octanol–water partition coefficient (Wildman–Crippen LogP) is -1.92. The van der Waals surface area contributed by atoms with Crippen molar-refractivity contribution in [1.82, 2.24) is 0 Å². The molecule has 3 saturated carbocycles. The number of allylic oxidation sites excluding steroid dienone is 2. The Morgan fingerprint density at radius 3 is 2.28 bits per heavy atom. The summed E-state index contributed by atoms with van der Waals surface area (Å²) < 4.78 is 59.5. The van der Waals surface area contributed by atoms with Crippen LogP contribution >= 0.6 is 0 Å². The number of ether oxygens (including phenoxy) is 3. The molecule has 0 bridgehead atoms. The number of hydrogen-bond donors (Lipinski definition) is 6. The second-order valence-electron chi connectivity index (χ2n) is 16.8. The largest absolute Gasteiger partial charge is 1.00 e. The van der Waals surface area contributed by atoms with Crippen LogP contribution < -0.4 is 29.6 Å². The Bertz CT molecular complexity index is 1420. The molecule has 0 aromatic carbocycles. The maximum absolute atomic E-state index is 12.1. The van der Waals surface area contributed by atoms with Crippen LogP contribution in [-0.4, -0.2) is 116 Å². The summed E-state index contributed by atoms with van der Waals surface area (Å²) in [6, 6.07) is 0. The van der Waals surface area contributed by atoms with Crippen LogP contribution in [0.5, 0.6) is 0 Å². The normalized spacial score (nSPS) is 49.9. The number of aliphatic hydroxyl groups excluding tert-OH is 4. The van der Waals surface area contributed by atoms with Crippen LogP contribution in [0.15, 0.2) is 11.6 Å². The first-order valence-corrected chi connectivity index (χ1v) is 18.9. The van der Waals surface area contributed by atoms with Crippen molar-refractivity contribution in [2.24, 2.45) is 46.3 Å². The van der Waals surface area contributed by atoms with E-state index >= 15 is 0 Å². The topological polar surface area (TPSA) is 233 Å². The Hall–Kier alpha value is -0.240. The Balaban J connectivity index is 0.00000486. The number of carbonyl (C=O) groups is 1. The molecule has 6 N–H and O–H groups in total. The zero-order chi connectivity index (χ0) is 36.2. The minimum atomic E-state index is -5.12. The first-order valence-electron chi connectivity index (χ1n) is 17.6. The van der Waals surface area contributed by atoms with E-state index < -0.39 is 93.8 Å². The van der Waals surface area contributed by atoms with E-state index in [1.165, 1.54) is 0 Å². The smallest absolute Gasteiger partial charge is 0.726 e. The summed E-state index contributed by atoms with van der Waals surface area (Å²) in [7, 11) is -5.12. The summed E-state index contributed by atoms with van der Waals surface area (Å²) in [5, 5.41) is 63.7. The van der Waals surface area contributed by atoms with Gasteiger partial charge in [0.1, 0.15) is 24.4 Å². The van der Waals surface area contributed by atoms with Crippen molar-refractivity contribution < 1.29 is 96.4 Å². The van der Waals surface area contributed by atoms with Gasteiger partial charge in [-0.15, -0.1) is 0 Å². The number of fused-ring (bicyclic) bond motifs is 7. The number of rotatable bonds is 8. The molecule has 3 unspecified atom stereocenters. The third-order valence-corrected chi connectivity index (χ3v) is 14.3. The number of aliphatic carboxylic acids is 1. The van der Waals surface area contributed by atoms with Crippen molar-refractivity contribution in [3.05, 3.63) is 11.6 Å². The van der Waals surface area contributed by atoms with Gasteiger partial charge in [0.15, 0.2) is 12.4 Å². The third kappa shape index (κ3) is 6.71. The molecule has 0 radical (unpaired) electrons. The van der Waals surface area contributed by atoms with Gasteiger partial charge in [-0.3, -0.25) is 4.18 Å². The molecule has 0 aromatic rings. The van der Waals surface area contributed by atoms with E-state index in [4.69, 9.17) is 18.4 Å². The van der Waals surface area contributed by atoms with Gasteiger partial charge in [-0.1, -0.05) is 46.3 Å². The second-order valence-corrected chi connectivity index (χ2v) is 17.8. The monoisotopic (exact) mass is 740 g/mol. The van der Waals surface area contributed by atoms with Gasteiger partial charge in [0, 0.05) is 5.92 Å². The van der Waals surface area contributed by atoms with Gasteiger partial charge in [-0.25, -0.2) is 13.2 Å². The van der Waals surface area contributed by atoms with Crippen LogP contribution in [-0.2, 0) is 33.6 Å². The molecule has 2 aliphatic heterocycles. The van der Waals surface area contributed by atoms with Gasteiger partial charge in [-0.05, 0) is 85.9 Å². The van der Waals surface area contributed by atoms with Crippen molar-refractivity contribution in [2.45, 2.75) is 147 Å². The first-order chi connectivity index (χ1) is 22.6. The SMILES string of the molecule is CC(C)[C@H](C)[C@H](O)[C@@H]1O[C@H]2CC3C4C[C@H](OS(=O)(=O)[O-])C5C[C@@H](O[C@@H]6O[C@H](C(=O)O)[C@@H](O)[C@H](O)[C@H]6O)CC[C@]5(C)C4=CC[C@]3(C)[C@H]2[C@@]1(C)O.[Na+]. The molecule has 0 spiro atoms. The number of hydrogen-bond acceptors (Lipinski definition) is 13. The van der Waals surface area contributed by atoms with Crippen LogP contribution in [0.25, 0.3) is 0 Å². The molecular weight excluding hydrogens is 687 g/mol. The molecule has 2 saturated heterocycles. The molecule has 5 fully saturated rings. The van der Waals surface area contributed by atoms with Crippen molar-refractivity contribution in [1.29, 1.82) is 0 Å². The van der Waals surface area contributed by atoms with Crippen molar-refractivity contribution in [3.8, 4) is 0 Å². The minimum absolute atomic E-state index is 0. The van der Waals surface area contributed by atoms with E-state index in [1.54, 1.807) is 6.92 Å². The van der Waals surface area contributed by atoms with Crippen LogP contribution in [0.4, 0.5) is 0 Å². The molecule has 4 aliphatic carbocycles. The van der Waals surface area contributed by atoms with Crippen LogP contribution in [0.2, 0.25) is 0 Å². The van der Waals surface area contributed by atoms with Gasteiger partial charge >= 0.3 is 35.5 Å². The molecule has 16 heteroatoms. The van der Waals surface area contributed by atoms with Gasteiger partial charge in [0.25, 0.3) is 0 Å². The summed E-state index contributed by atoms with van der Waals surface area (Å²) in [5.74, 6) is -2.43. The number of carboxylic acids is 1. The quantitative estimate of drug-likeness (QED) is 0.0524. The van der Waals surface area contributed by atoms with Gasteiger partial charge in [-0.2, -0.15) is 0 Å². The van der Waals surface area contributed by atoms with Crippen molar-refractivity contribution in [3.63, 3.8) is 0 Å². The van der Waals surface area contributed by atoms with Gasteiger partial charge in [0.2, 0.25) is 10.4 Å². The fourth-order valence-corrected chi connectivity index (χ4v) is 11.5. The first kappa shape index (κ1) is 40.9. The average Bonchev–Trinajstić information content (AvgIpc) is 3.46. The van der Waals surface area contributed by atoms with E-state index in [9.17, 15) is 48.4 Å². The fraction of sp³-hybridized carbons (Fsp3) is 0.912.